The van der Waals surface area contributed by atoms with Crippen LogP contribution in [0.1, 0.15) is 51.5 Å². The molecule has 2 N–H and O–H groups in total. The van der Waals surface area contributed by atoms with Crippen LogP contribution in [0, 0.1) is 0 Å². The number of alkyl carbamates (subject to hydrolysis) is 1. The van der Waals surface area contributed by atoms with Crippen molar-refractivity contribution < 1.29 is 14.6 Å². The molecule has 0 aliphatic carbocycles. The average Bonchev–Trinajstić information content (AvgIpc) is 2.36. The van der Waals surface area contributed by atoms with Gasteiger partial charge in [-0.05, 0) is 33.3 Å². The maximum absolute atomic E-state index is 11.5. The quantitative estimate of drug-likeness (QED) is 0.869. The van der Waals surface area contributed by atoms with Crippen molar-refractivity contribution >= 4 is 6.09 Å². The number of nitrogens with zero attached hydrogens (tertiary/aromatic N) is 1. The maximum Gasteiger partial charge on any atom is 0.407 e. The molecular weight excluding hydrogens is 256 g/mol. The number of amides is 1. The second-order valence-electron chi connectivity index (χ2n) is 5.64. The molecular formula is C15H24N2O3. The molecule has 0 spiro atoms. The van der Waals surface area contributed by atoms with Gasteiger partial charge in [0.2, 0.25) is 0 Å². The Kier molecular flexibility index (Phi) is 5.95. The number of carbonyl (C=O) groups is 1. The first-order valence-electron chi connectivity index (χ1n) is 6.92. The molecule has 1 aromatic rings. The average molecular weight is 280 g/mol. The van der Waals surface area contributed by atoms with Crippen molar-refractivity contribution in [3.8, 4) is 0 Å². The fourth-order valence-corrected chi connectivity index (χ4v) is 1.78. The highest BCUT2D eigenvalue weighted by atomic mass is 16.6. The molecule has 20 heavy (non-hydrogen) atoms. The Balaban J connectivity index is 2.52. The first-order valence-corrected chi connectivity index (χ1v) is 6.92. The number of aliphatic hydroxyl groups is 1. The van der Waals surface area contributed by atoms with Crippen LogP contribution in [0.2, 0.25) is 0 Å². The molecule has 0 aliphatic rings. The van der Waals surface area contributed by atoms with Crippen LogP contribution in [0.3, 0.4) is 0 Å². The number of ether oxygens (including phenoxy) is 1. The minimum absolute atomic E-state index is 0.426. The number of carbonyl (C=O) groups excluding carboxylic acids is 1. The van der Waals surface area contributed by atoms with E-state index in [0.29, 0.717) is 19.4 Å². The molecule has 0 saturated heterocycles. The van der Waals surface area contributed by atoms with E-state index in [1.807, 2.05) is 33.8 Å². The Labute approximate surface area is 120 Å². The minimum atomic E-state index is -0.514. The molecule has 5 nitrogen and oxygen atoms in total. The third kappa shape index (κ3) is 5.57. The van der Waals surface area contributed by atoms with Gasteiger partial charge in [0.15, 0.2) is 0 Å². The van der Waals surface area contributed by atoms with Gasteiger partial charge in [0, 0.05) is 30.4 Å². The van der Waals surface area contributed by atoms with E-state index in [0.717, 1.165) is 11.3 Å². The molecule has 1 rings (SSSR count). The van der Waals surface area contributed by atoms with Gasteiger partial charge in [-0.3, -0.25) is 4.98 Å². The number of aromatic nitrogens is 1. The monoisotopic (exact) mass is 280 g/mol. The van der Waals surface area contributed by atoms with Crippen LogP contribution < -0.4 is 5.32 Å². The molecule has 0 aromatic carbocycles. The van der Waals surface area contributed by atoms with Crippen LogP contribution >= 0.6 is 0 Å². The van der Waals surface area contributed by atoms with Crippen LogP contribution in [-0.4, -0.2) is 28.3 Å². The van der Waals surface area contributed by atoms with Gasteiger partial charge < -0.3 is 15.2 Å². The van der Waals surface area contributed by atoms with Crippen LogP contribution in [0.4, 0.5) is 4.79 Å². The van der Waals surface area contributed by atoms with E-state index in [-0.39, 0.29) is 0 Å². The van der Waals surface area contributed by atoms with Crippen molar-refractivity contribution in [1.29, 1.82) is 0 Å². The van der Waals surface area contributed by atoms with Gasteiger partial charge in [0.05, 0.1) is 6.10 Å². The zero-order valence-corrected chi connectivity index (χ0v) is 12.6. The second-order valence-corrected chi connectivity index (χ2v) is 5.64. The molecule has 0 saturated carbocycles. The molecule has 0 aliphatic heterocycles. The summed E-state index contributed by atoms with van der Waals surface area (Å²) in [5.74, 6) is 0. The number of hydrogen-bond acceptors (Lipinski definition) is 4. The van der Waals surface area contributed by atoms with E-state index < -0.39 is 17.8 Å². The zero-order chi connectivity index (χ0) is 15.2. The van der Waals surface area contributed by atoms with Gasteiger partial charge in [0.25, 0.3) is 0 Å². The van der Waals surface area contributed by atoms with Crippen molar-refractivity contribution in [3.63, 3.8) is 0 Å². The number of hydrogen-bond donors (Lipinski definition) is 2. The lowest BCUT2D eigenvalue weighted by atomic mass is 10.0. The first-order chi connectivity index (χ1) is 9.33. The van der Waals surface area contributed by atoms with E-state index in [1.165, 1.54) is 0 Å². The van der Waals surface area contributed by atoms with Gasteiger partial charge in [-0.25, -0.2) is 4.79 Å². The lowest BCUT2D eigenvalue weighted by molar-refractivity contribution is 0.0528. The Morgan fingerprint density at radius 1 is 1.50 bits per heavy atom. The molecule has 1 aromatic heterocycles. The summed E-state index contributed by atoms with van der Waals surface area (Å²) in [4.78, 5) is 15.8. The molecule has 0 radical (unpaired) electrons. The molecule has 112 valence electrons. The van der Waals surface area contributed by atoms with Crippen molar-refractivity contribution in [2.45, 2.75) is 52.2 Å². The Bertz CT molecular complexity index is 441. The van der Waals surface area contributed by atoms with Crippen molar-refractivity contribution in [1.82, 2.24) is 10.3 Å². The van der Waals surface area contributed by atoms with Crippen LogP contribution in [0.5, 0.6) is 0 Å². The van der Waals surface area contributed by atoms with Crippen LogP contribution in [0.15, 0.2) is 18.3 Å². The van der Waals surface area contributed by atoms with E-state index in [1.54, 1.807) is 12.3 Å². The fourth-order valence-electron chi connectivity index (χ4n) is 1.78. The van der Waals surface area contributed by atoms with E-state index in [4.69, 9.17) is 4.74 Å². The molecule has 5 heteroatoms. The highest BCUT2D eigenvalue weighted by molar-refractivity contribution is 5.67. The molecule has 1 atom stereocenters. The largest absolute Gasteiger partial charge is 0.444 e. The molecule has 1 unspecified atom stereocenters. The number of nitrogens with one attached hydrogen (secondary N) is 1. The van der Waals surface area contributed by atoms with Gasteiger partial charge in [0.1, 0.15) is 5.60 Å². The third-order valence-corrected chi connectivity index (χ3v) is 2.70. The third-order valence-electron chi connectivity index (χ3n) is 2.70. The second kappa shape index (κ2) is 7.24. The first kappa shape index (κ1) is 16.4. The summed E-state index contributed by atoms with van der Waals surface area (Å²) in [6, 6.07) is 3.67. The SMILES string of the molecule is CCC(O)c1cccnc1CCNC(=O)OC(C)(C)C. The highest BCUT2D eigenvalue weighted by Gasteiger charge is 2.16. The van der Waals surface area contributed by atoms with E-state index in [9.17, 15) is 9.90 Å². The van der Waals surface area contributed by atoms with E-state index in [2.05, 4.69) is 10.3 Å². The minimum Gasteiger partial charge on any atom is -0.444 e. The smallest absolute Gasteiger partial charge is 0.407 e. The highest BCUT2D eigenvalue weighted by Crippen LogP contribution is 2.19. The number of pyridine rings is 1. The summed E-state index contributed by atoms with van der Waals surface area (Å²) in [6.07, 6.45) is 1.94. The topological polar surface area (TPSA) is 71.5 Å². The standard InChI is InChI=1S/C15H24N2O3/c1-5-13(18)11-7-6-9-16-12(11)8-10-17-14(19)20-15(2,3)4/h6-7,9,13,18H,5,8,10H2,1-4H3,(H,17,19). The molecule has 0 bridgehead atoms. The lowest BCUT2D eigenvalue weighted by Gasteiger charge is -2.19. The van der Waals surface area contributed by atoms with E-state index >= 15 is 0 Å². The fraction of sp³-hybridized carbons (Fsp3) is 0.600. The molecule has 1 amide bonds. The summed E-state index contributed by atoms with van der Waals surface area (Å²) in [7, 11) is 0. The summed E-state index contributed by atoms with van der Waals surface area (Å²) < 4.78 is 5.15. The van der Waals surface area contributed by atoms with Gasteiger partial charge >= 0.3 is 6.09 Å². The Morgan fingerprint density at radius 3 is 2.80 bits per heavy atom. The van der Waals surface area contributed by atoms with Gasteiger partial charge in [-0.15, -0.1) is 0 Å². The number of aliphatic hydroxyl groups excluding tert-OH is 1. The maximum atomic E-state index is 11.5. The summed E-state index contributed by atoms with van der Waals surface area (Å²) in [6.45, 7) is 7.80. The number of rotatable bonds is 5. The summed E-state index contributed by atoms with van der Waals surface area (Å²) >= 11 is 0. The summed E-state index contributed by atoms with van der Waals surface area (Å²) in [5, 5.41) is 12.6. The van der Waals surface area contributed by atoms with Crippen molar-refractivity contribution in [3.05, 3.63) is 29.6 Å². The Hall–Kier alpha value is -1.62. The normalized spacial score (nSPS) is 12.8. The lowest BCUT2D eigenvalue weighted by Crippen LogP contribution is -2.33. The predicted molar refractivity (Wildman–Crippen MR) is 77.4 cm³/mol. The predicted octanol–water partition coefficient (Wildman–Crippen LogP) is 2.59. The molecule has 1 heterocycles. The molecule has 0 fully saturated rings. The van der Waals surface area contributed by atoms with Gasteiger partial charge in [-0.1, -0.05) is 13.0 Å². The Morgan fingerprint density at radius 2 is 2.20 bits per heavy atom. The van der Waals surface area contributed by atoms with Crippen LogP contribution in [0.25, 0.3) is 0 Å². The van der Waals surface area contributed by atoms with Crippen molar-refractivity contribution in [2.75, 3.05) is 6.54 Å². The van der Waals surface area contributed by atoms with Crippen LogP contribution in [-0.2, 0) is 11.2 Å². The zero-order valence-electron chi connectivity index (χ0n) is 12.6. The van der Waals surface area contributed by atoms with Gasteiger partial charge in [-0.2, -0.15) is 0 Å². The summed E-state index contributed by atoms with van der Waals surface area (Å²) in [5.41, 5.74) is 1.12. The van der Waals surface area contributed by atoms with Crippen molar-refractivity contribution in [2.24, 2.45) is 0 Å².